The van der Waals surface area contributed by atoms with Crippen LogP contribution in [0.5, 0.6) is 5.75 Å². The highest BCUT2D eigenvalue weighted by molar-refractivity contribution is 6.19. The number of aliphatic imine (C=N–C) groups is 1. The van der Waals surface area contributed by atoms with E-state index in [2.05, 4.69) is 11.0 Å². The van der Waals surface area contributed by atoms with E-state index in [1.54, 1.807) is 37.5 Å². The first-order chi connectivity index (χ1) is 14.4. The summed E-state index contributed by atoms with van der Waals surface area (Å²) in [5.74, 6) is 0.666. The quantitative estimate of drug-likeness (QED) is 0.773. The highest BCUT2D eigenvalue weighted by Gasteiger charge is 2.30. The van der Waals surface area contributed by atoms with E-state index in [-0.39, 0.29) is 17.6 Å². The average molecular weight is 405 g/mol. The fraction of sp³-hybridized carbons (Fsp3) is 0.375. The van der Waals surface area contributed by atoms with E-state index in [1.807, 2.05) is 24.8 Å². The van der Waals surface area contributed by atoms with Crippen LogP contribution in [0.1, 0.15) is 24.2 Å². The Morgan fingerprint density at radius 1 is 1.07 bits per heavy atom. The molecule has 1 amide bonds. The third-order valence-corrected chi connectivity index (χ3v) is 5.83. The molecule has 2 heterocycles. The van der Waals surface area contributed by atoms with Gasteiger partial charge in [-0.1, -0.05) is 11.6 Å². The predicted molar refractivity (Wildman–Crippen MR) is 117 cm³/mol. The Morgan fingerprint density at radius 2 is 1.77 bits per heavy atom. The SMILES string of the molecule is COc1ccc(C(=O)N2CCN(CC3=CC(=O)C4C(C)=CC(C)=CC4=N3)CC2)cc1. The molecule has 6 heteroatoms. The lowest BCUT2D eigenvalue weighted by Gasteiger charge is -2.35. The number of benzene rings is 1. The molecule has 1 fully saturated rings. The summed E-state index contributed by atoms with van der Waals surface area (Å²) in [7, 11) is 1.61. The van der Waals surface area contributed by atoms with Crippen molar-refractivity contribution in [1.82, 2.24) is 9.80 Å². The van der Waals surface area contributed by atoms with Crippen LogP contribution in [0.4, 0.5) is 0 Å². The zero-order valence-corrected chi connectivity index (χ0v) is 17.7. The number of hydrogen-bond acceptors (Lipinski definition) is 5. The highest BCUT2D eigenvalue weighted by atomic mass is 16.5. The minimum absolute atomic E-state index is 0.0394. The zero-order valence-electron chi connectivity index (χ0n) is 17.7. The van der Waals surface area contributed by atoms with Gasteiger partial charge in [0, 0.05) is 44.4 Å². The molecule has 6 nitrogen and oxygen atoms in total. The predicted octanol–water partition coefficient (Wildman–Crippen LogP) is 2.88. The second-order valence-corrected chi connectivity index (χ2v) is 8.08. The number of nitrogens with zero attached hydrogens (tertiary/aromatic N) is 3. The van der Waals surface area contributed by atoms with Crippen LogP contribution in [0.3, 0.4) is 0 Å². The molecule has 156 valence electrons. The average Bonchev–Trinajstić information content (AvgIpc) is 2.73. The fourth-order valence-electron chi connectivity index (χ4n) is 4.28. The molecule has 1 aliphatic carbocycles. The molecule has 0 spiro atoms. The van der Waals surface area contributed by atoms with Crippen molar-refractivity contribution in [3.05, 3.63) is 64.9 Å². The first-order valence-corrected chi connectivity index (χ1v) is 10.3. The van der Waals surface area contributed by atoms with Gasteiger partial charge in [-0.05, 0) is 49.8 Å². The van der Waals surface area contributed by atoms with Gasteiger partial charge < -0.3 is 9.64 Å². The summed E-state index contributed by atoms with van der Waals surface area (Å²) in [5, 5.41) is 0. The molecule has 0 N–H and O–H groups in total. The second-order valence-electron chi connectivity index (χ2n) is 8.08. The smallest absolute Gasteiger partial charge is 0.253 e. The highest BCUT2D eigenvalue weighted by Crippen LogP contribution is 2.28. The summed E-state index contributed by atoms with van der Waals surface area (Å²) in [6, 6.07) is 7.21. The Balaban J connectivity index is 1.36. The summed E-state index contributed by atoms with van der Waals surface area (Å²) in [5.41, 5.74) is 4.51. The Morgan fingerprint density at radius 3 is 2.43 bits per heavy atom. The second kappa shape index (κ2) is 8.40. The number of hydrogen-bond donors (Lipinski definition) is 0. The zero-order chi connectivity index (χ0) is 21.3. The third kappa shape index (κ3) is 4.14. The minimum Gasteiger partial charge on any atom is -0.497 e. The lowest BCUT2D eigenvalue weighted by Crippen LogP contribution is -2.49. The molecule has 1 aromatic carbocycles. The van der Waals surface area contributed by atoms with Crippen molar-refractivity contribution in [3.8, 4) is 5.75 Å². The molecule has 0 aromatic heterocycles. The molecular weight excluding hydrogens is 378 g/mol. The topological polar surface area (TPSA) is 62.2 Å². The molecule has 1 unspecified atom stereocenters. The van der Waals surface area contributed by atoms with Gasteiger partial charge in [0.15, 0.2) is 5.78 Å². The van der Waals surface area contributed by atoms with Crippen LogP contribution in [0, 0.1) is 5.92 Å². The normalized spacial score (nSPS) is 21.9. The maximum absolute atomic E-state index is 12.7. The number of amides is 1. The Kier molecular flexibility index (Phi) is 5.68. The molecule has 1 atom stereocenters. The van der Waals surface area contributed by atoms with Gasteiger partial charge >= 0.3 is 0 Å². The van der Waals surface area contributed by atoms with Crippen LogP contribution in [-0.4, -0.2) is 67.0 Å². The van der Waals surface area contributed by atoms with Crippen molar-refractivity contribution in [2.24, 2.45) is 10.9 Å². The summed E-state index contributed by atoms with van der Waals surface area (Å²) in [4.78, 5) is 34.3. The lowest BCUT2D eigenvalue weighted by atomic mass is 9.83. The van der Waals surface area contributed by atoms with E-state index in [0.29, 0.717) is 25.2 Å². The number of allylic oxidation sites excluding steroid dienone is 5. The van der Waals surface area contributed by atoms with Gasteiger partial charge in [-0.15, -0.1) is 0 Å². The summed E-state index contributed by atoms with van der Waals surface area (Å²) < 4.78 is 5.15. The number of carbonyl (C=O) groups excluding carboxylic acids is 2. The maximum Gasteiger partial charge on any atom is 0.253 e. The van der Waals surface area contributed by atoms with Crippen LogP contribution < -0.4 is 4.74 Å². The van der Waals surface area contributed by atoms with Gasteiger partial charge in [0.1, 0.15) is 5.75 Å². The number of rotatable bonds is 4. The first kappa shape index (κ1) is 20.3. The van der Waals surface area contributed by atoms with Gasteiger partial charge in [0.2, 0.25) is 0 Å². The molecule has 0 bridgehead atoms. The van der Waals surface area contributed by atoms with Crippen LogP contribution in [0.15, 0.2) is 64.3 Å². The minimum atomic E-state index is -0.226. The van der Waals surface area contributed by atoms with Crippen LogP contribution in [0.2, 0.25) is 0 Å². The monoisotopic (exact) mass is 405 g/mol. The number of fused-ring (bicyclic) bond motifs is 1. The van der Waals surface area contributed by atoms with Gasteiger partial charge in [-0.25, -0.2) is 0 Å². The van der Waals surface area contributed by atoms with Crippen molar-refractivity contribution in [3.63, 3.8) is 0 Å². The largest absolute Gasteiger partial charge is 0.497 e. The van der Waals surface area contributed by atoms with Crippen molar-refractivity contribution >= 4 is 17.4 Å². The van der Waals surface area contributed by atoms with E-state index >= 15 is 0 Å². The lowest BCUT2D eigenvalue weighted by molar-refractivity contribution is -0.115. The van der Waals surface area contributed by atoms with Gasteiger partial charge in [0.05, 0.1) is 24.4 Å². The van der Waals surface area contributed by atoms with E-state index < -0.39 is 0 Å². The molecule has 30 heavy (non-hydrogen) atoms. The van der Waals surface area contributed by atoms with E-state index in [0.717, 1.165) is 41.4 Å². The van der Waals surface area contributed by atoms with E-state index in [9.17, 15) is 9.59 Å². The van der Waals surface area contributed by atoms with Crippen LogP contribution in [-0.2, 0) is 4.79 Å². The number of piperazine rings is 1. The van der Waals surface area contributed by atoms with Crippen molar-refractivity contribution in [1.29, 1.82) is 0 Å². The third-order valence-electron chi connectivity index (χ3n) is 5.83. The molecule has 1 aromatic rings. The van der Waals surface area contributed by atoms with Gasteiger partial charge in [-0.3, -0.25) is 19.5 Å². The molecular formula is C24H27N3O3. The van der Waals surface area contributed by atoms with Gasteiger partial charge in [-0.2, -0.15) is 0 Å². The molecule has 4 rings (SSSR count). The molecule has 2 aliphatic heterocycles. The van der Waals surface area contributed by atoms with Crippen LogP contribution in [0.25, 0.3) is 0 Å². The molecule has 3 aliphatic rings. The van der Waals surface area contributed by atoms with E-state index in [1.165, 1.54) is 0 Å². The Labute approximate surface area is 177 Å². The number of carbonyl (C=O) groups is 2. The molecule has 1 saturated heterocycles. The van der Waals surface area contributed by atoms with E-state index in [4.69, 9.17) is 9.73 Å². The number of ketones is 1. The van der Waals surface area contributed by atoms with Crippen LogP contribution >= 0.6 is 0 Å². The van der Waals surface area contributed by atoms with Crippen molar-refractivity contribution in [2.75, 3.05) is 39.8 Å². The van der Waals surface area contributed by atoms with Crippen molar-refractivity contribution < 1.29 is 14.3 Å². The Bertz CT molecular complexity index is 977. The van der Waals surface area contributed by atoms with Crippen molar-refractivity contribution in [2.45, 2.75) is 13.8 Å². The molecule has 0 saturated carbocycles. The maximum atomic E-state index is 12.7. The fourth-order valence-corrected chi connectivity index (χ4v) is 4.28. The number of ether oxygens (including phenoxy) is 1. The summed E-state index contributed by atoms with van der Waals surface area (Å²) in [6.07, 6.45) is 5.75. The standard InChI is InChI=1S/C24H27N3O3/c1-16-12-17(2)23-21(13-16)25-19(14-22(23)28)15-26-8-10-27(11-9-26)24(29)18-4-6-20(30-3)7-5-18/h4-7,12-14,23H,8-11,15H2,1-3H3. The first-order valence-electron chi connectivity index (χ1n) is 10.3. The number of methoxy groups -OCH3 is 1. The summed E-state index contributed by atoms with van der Waals surface area (Å²) >= 11 is 0. The summed E-state index contributed by atoms with van der Waals surface area (Å²) in [6.45, 7) is 7.49. The Hall–Kier alpha value is -2.99. The molecule has 0 radical (unpaired) electrons. The van der Waals surface area contributed by atoms with Gasteiger partial charge in [0.25, 0.3) is 5.91 Å².